The number of aliphatic hydroxyl groups excluding tert-OH is 3. The standard InChI is InChI=1S/C17H21NO4/c1-10-9-18(15(10)11-5-3-2-4-6-11)17(22)12-7-13(19)16(21)14(20)8-12/h2-7,10,13-16,19-21H,8-9H2,1H3/t10?,13-,14-,15?,16-/m1/s1. The molecule has 0 radical (unpaired) electrons. The van der Waals surface area contributed by atoms with Gasteiger partial charge in [0, 0.05) is 18.5 Å². The first-order valence-electron chi connectivity index (χ1n) is 7.60. The highest BCUT2D eigenvalue weighted by atomic mass is 16.4. The molecule has 1 amide bonds. The molecule has 22 heavy (non-hydrogen) atoms. The molecule has 1 aliphatic heterocycles. The Bertz CT molecular complexity index is 586. The van der Waals surface area contributed by atoms with E-state index in [-0.39, 0.29) is 18.4 Å². The molecule has 0 aromatic heterocycles. The van der Waals surface area contributed by atoms with Crippen LogP contribution in [0.2, 0.25) is 0 Å². The Balaban J connectivity index is 1.80. The van der Waals surface area contributed by atoms with Gasteiger partial charge in [0.15, 0.2) is 0 Å². The summed E-state index contributed by atoms with van der Waals surface area (Å²) in [7, 11) is 0. The van der Waals surface area contributed by atoms with Gasteiger partial charge in [0.2, 0.25) is 5.91 Å². The summed E-state index contributed by atoms with van der Waals surface area (Å²) in [6.45, 7) is 2.76. The molecule has 1 aromatic rings. The van der Waals surface area contributed by atoms with Gasteiger partial charge in [-0.25, -0.2) is 0 Å². The highest BCUT2D eigenvalue weighted by Crippen LogP contribution is 2.40. The van der Waals surface area contributed by atoms with Crippen molar-refractivity contribution < 1.29 is 20.1 Å². The zero-order chi connectivity index (χ0) is 15.9. The van der Waals surface area contributed by atoms with E-state index in [0.29, 0.717) is 18.0 Å². The van der Waals surface area contributed by atoms with Crippen molar-refractivity contribution in [1.82, 2.24) is 4.90 Å². The number of likely N-dealkylation sites (tertiary alicyclic amines) is 1. The number of carbonyl (C=O) groups excluding carboxylic acids is 1. The summed E-state index contributed by atoms with van der Waals surface area (Å²) in [4.78, 5) is 14.4. The third-order valence-electron chi connectivity index (χ3n) is 4.58. The second-order valence-corrected chi connectivity index (χ2v) is 6.23. The SMILES string of the molecule is CC1CN(C(=O)C2=C[C@@H](O)[C@@H](O)[C@H](O)C2)C1c1ccccc1. The molecule has 3 N–H and O–H groups in total. The topological polar surface area (TPSA) is 81.0 Å². The van der Waals surface area contributed by atoms with Gasteiger partial charge in [-0.1, -0.05) is 37.3 Å². The highest BCUT2D eigenvalue weighted by Gasteiger charge is 2.42. The predicted molar refractivity (Wildman–Crippen MR) is 80.8 cm³/mol. The summed E-state index contributed by atoms with van der Waals surface area (Å²) in [5.74, 6) is 0.202. The van der Waals surface area contributed by atoms with E-state index < -0.39 is 18.3 Å². The molecule has 3 rings (SSSR count). The fraction of sp³-hybridized carbons (Fsp3) is 0.471. The number of benzene rings is 1. The predicted octanol–water partition coefficient (Wildman–Crippen LogP) is 0.619. The molecule has 2 aliphatic rings. The molecule has 5 heteroatoms. The molecule has 118 valence electrons. The third kappa shape index (κ3) is 2.56. The van der Waals surface area contributed by atoms with E-state index in [1.165, 1.54) is 6.08 Å². The van der Waals surface area contributed by atoms with Gasteiger partial charge in [-0.05, 0) is 17.6 Å². The quantitative estimate of drug-likeness (QED) is 0.748. The van der Waals surface area contributed by atoms with Gasteiger partial charge in [-0.15, -0.1) is 0 Å². The van der Waals surface area contributed by atoms with E-state index in [9.17, 15) is 20.1 Å². The van der Waals surface area contributed by atoms with E-state index >= 15 is 0 Å². The molecule has 2 unspecified atom stereocenters. The van der Waals surface area contributed by atoms with Crippen LogP contribution in [-0.2, 0) is 4.79 Å². The maximum Gasteiger partial charge on any atom is 0.250 e. The van der Waals surface area contributed by atoms with Gasteiger partial charge in [-0.2, -0.15) is 0 Å². The van der Waals surface area contributed by atoms with Gasteiger partial charge in [0.25, 0.3) is 0 Å². The Morgan fingerprint density at radius 1 is 1.18 bits per heavy atom. The number of rotatable bonds is 2. The molecule has 1 fully saturated rings. The molecule has 5 nitrogen and oxygen atoms in total. The highest BCUT2D eigenvalue weighted by molar-refractivity contribution is 5.94. The first-order valence-corrected chi connectivity index (χ1v) is 7.60. The minimum absolute atomic E-state index is 0.0238. The monoisotopic (exact) mass is 303 g/mol. The molecule has 1 aromatic carbocycles. The molecule has 1 saturated heterocycles. The van der Waals surface area contributed by atoms with E-state index in [4.69, 9.17) is 0 Å². The Morgan fingerprint density at radius 2 is 1.86 bits per heavy atom. The molecule has 0 saturated carbocycles. The van der Waals surface area contributed by atoms with Gasteiger partial charge in [0.05, 0.1) is 12.1 Å². The second-order valence-electron chi connectivity index (χ2n) is 6.23. The van der Waals surface area contributed by atoms with Crippen LogP contribution in [0.25, 0.3) is 0 Å². The van der Waals surface area contributed by atoms with Gasteiger partial charge < -0.3 is 20.2 Å². The van der Waals surface area contributed by atoms with E-state index in [2.05, 4.69) is 6.92 Å². The Morgan fingerprint density at radius 3 is 2.45 bits per heavy atom. The average molecular weight is 303 g/mol. The first-order chi connectivity index (χ1) is 10.5. The van der Waals surface area contributed by atoms with Crippen LogP contribution >= 0.6 is 0 Å². The lowest BCUT2D eigenvalue weighted by atomic mass is 9.83. The number of hydrogen-bond acceptors (Lipinski definition) is 4. The fourth-order valence-electron chi connectivity index (χ4n) is 3.35. The summed E-state index contributed by atoms with van der Waals surface area (Å²) in [5.41, 5.74) is 1.46. The van der Waals surface area contributed by atoms with Crippen molar-refractivity contribution in [2.75, 3.05) is 6.54 Å². The molecule has 0 spiro atoms. The second kappa shape index (κ2) is 5.83. The summed E-state index contributed by atoms with van der Waals surface area (Å²) in [5, 5.41) is 29.0. The van der Waals surface area contributed by atoms with E-state index in [0.717, 1.165) is 5.56 Å². The molecular weight excluding hydrogens is 282 g/mol. The van der Waals surface area contributed by atoms with Crippen molar-refractivity contribution in [3.8, 4) is 0 Å². The van der Waals surface area contributed by atoms with Crippen LogP contribution < -0.4 is 0 Å². The van der Waals surface area contributed by atoms with Crippen molar-refractivity contribution in [3.05, 3.63) is 47.5 Å². The van der Waals surface area contributed by atoms with Crippen molar-refractivity contribution in [2.24, 2.45) is 5.92 Å². The van der Waals surface area contributed by atoms with Gasteiger partial charge in [-0.3, -0.25) is 4.79 Å². The molecular formula is C17H21NO4. The minimum Gasteiger partial charge on any atom is -0.390 e. The Hall–Kier alpha value is -1.69. The lowest BCUT2D eigenvalue weighted by Gasteiger charge is -2.48. The van der Waals surface area contributed by atoms with Crippen LogP contribution in [0.5, 0.6) is 0 Å². The normalized spacial score (nSPS) is 34.8. The van der Waals surface area contributed by atoms with E-state index in [1.807, 2.05) is 30.3 Å². The average Bonchev–Trinajstić information content (AvgIpc) is 2.50. The Kier molecular flexibility index (Phi) is 4.04. The first kappa shape index (κ1) is 15.2. The fourth-order valence-corrected chi connectivity index (χ4v) is 3.35. The number of nitrogens with zero attached hydrogens (tertiary/aromatic N) is 1. The summed E-state index contributed by atoms with van der Waals surface area (Å²) < 4.78 is 0. The summed E-state index contributed by atoms with van der Waals surface area (Å²) in [6.07, 6.45) is -2.09. The van der Waals surface area contributed by atoms with Crippen LogP contribution in [0.1, 0.15) is 24.9 Å². The molecule has 1 aliphatic carbocycles. The van der Waals surface area contributed by atoms with Crippen LogP contribution in [-0.4, -0.2) is 51.0 Å². The van der Waals surface area contributed by atoms with Crippen LogP contribution in [0.4, 0.5) is 0 Å². The number of hydrogen-bond donors (Lipinski definition) is 3. The number of amides is 1. The van der Waals surface area contributed by atoms with Crippen molar-refractivity contribution >= 4 is 5.91 Å². The van der Waals surface area contributed by atoms with E-state index in [1.54, 1.807) is 4.90 Å². The third-order valence-corrected chi connectivity index (χ3v) is 4.58. The van der Waals surface area contributed by atoms with Gasteiger partial charge in [0.1, 0.15) is 12.2 Å². The largest absolute Gasteiger partial charge is 0.390 e. The molecule has 1 heterocycles. The number of carbonyl (C=O) groups is 1. The lowest BCUT2D eigenvalue weighted by Crippen LogP contribution is -2.53. The molecule has 5 atom stereocenters. The minimum atomic E-state index is -1.23. The zero-order valence-electron chi connectivity index (χ0n) is 12.5. The summed E-state index contributed by atoms with van der Waals surface area (Å²) >= 11 is 0. The van der Waals surface area contributed by atoms with Crippen molar-refractivity contribution in [3.63, 3.8) is 0 Å². The van der Waals surface area contributed by atoms with Crippen LogP contribution in [0, 0.1) is 5.92 Å². The smallest absolute Gasteiger partial charge is 0.250 e. The van der Waals surface area contributed by atoms with Gasteiger partial charge >= 0.3 is 0 Å². The maximum atomic E-state index is 12.7. The Labute approximate surface area is 129 Å². The summed E-state index contributed by atoms with van der Waals surface area (Å²) in [6, 6.07) is 9.87. The van der Waals surface area contributed by atoms with Crippen LogP contribution in [0.3, 0.4) is 0 Å². The van der Waals surface area contributed by atoms with Crippen LogP contribution in [0.15, 0.2) is 42.0 Å². The van der Waals surface area contributed by atoms with Crippen molar-refractivity contribution in [1.29, 1.82) is 0 Å². The maximum absolute atomic E-state index is 12.7. The number of aliphatic hydroxyl groups is 3. The van der Waals surface area contributed by atoms with Crippen molar-refractivity contribution in [2.45, 2.75) is 37.7 Å². The lowest BCUT2D eigenvalue weighted by molar-refractivity contribution is -0.140. The zero-order valence-corrected chi connectivity index (χ0v) is 12.5. The molecule has 0 bridgehead atoms.